The fraction of sp³-hybridized carbons (Fsp3) is 0.385. The minimum atomic E-state index is -0.666. The number of benzene rings is 1. The van der Waals surface area contributed by atoms with Gasteiger partial charge in [0.1, 0.15) is 11.9 Å². The molecule has 1 atom stereocenters. The maximum atomic E-state index is 11.8. The van der Waals surface area contributed by atoms with Crippen LogP contribution in [0.15, 0.2) is 18.2 Å². The fourth-order valence-electron chi connectivity index (χ4n) is 1.71. The number of ether oxygens (including phenoxy) is 2. The number of nitrogens with one attached hydrogen (secondary N) is 1. The maximum Gasteiger partial charge on any atom is 0.256 e. The molecule has 8 heteroatoms. The number of hydrogen-bond acceptors (Lipinski definition) is 6. The number of aromatic nitrogens is 1. The third-order valence-electron chi connectivity index (χ3n) is 2.69. The Bertz CT molecular complexity index is 601. The highest BCUT2D eigenvalue weighted by Gasteiger charge is 2.17. The molecule has 3 N–H and O–H groups in total. The van der Waals surface area contributed by atoms with E-state index in [1.54, 1.807) is 0 Å². The minimum Gasteiger partial charge on any atom is -0.494 e. The molecule has 0 radical (unpaired) electrons. The quantitative estimate of drug-likeness (QED) is 0.845. The number of nitrogens with zero attached hydrogens (tertiary/aromatic N) is 1. The van der Waals surface area contributed by atoms with Crippen LogP contribution < -0.4 is 15.8 Å². The number of fused-ring (bicyclic) bond motifs is 1. The Morgan fingerprint density at radius 1 is 1.52 bits per heavy atom. The van der Waals surface area contributed by atoms with Crippen molar-refractivity contribution in [1.29, 1.82) is 0 Å². The van der Waals surface area contributed by atoms with Crippen LogP contribution >= 0.6 is 23.7 Å². The van der Waals surface area contributed by atoms with E-state index in [-0.39, 0.29) is 24.9 Å². The molecule has 0 saturated carbocycles. The summed E-state index contributed by atoms with van der Waals surface area (Å²) in [7, 11) is 1.45. The largest absolute Gasteiger partial charge is 0.494 e. The van der Waals surface area contributed by atoms with Crippen molar-refractivity contribution >= 4 is 45.0 Å². The topological polar surface area (TPSA) is 86.5 Å². The van der Waals surface area contributed by atoms with E-state index in [0.29, 0.717) is 11.7 Å². The van der Waals surface area contributed by atoms with Crippen LogP contribution in [0.5, 0.6) is 5.75 Å². The van der Waals surface area contributed by atoms with Crippen molar-refractivity contribution in [2.75, 3.05) is 25.6 Å². The van der Waals surface area contributed by atoms with E-state index >= 15 is 0 Å². The second-order valence-electron chi connectivity index (χ2n) is 4.03. The van der Waals surface area contributed by atoms with E-state index in [1.165, 1.54) is 18.4 Å². The Hall–Kier alpha value is -1.41. The molecule has 0 fully saturated rings. The molecule has 0 aliphatic carbocycles. The molecule has 0 saturated heterocycles. The standard InChI is InChI=1S/C13H17N3O3S.ClH/c1-3-19-8-4-5-9-11(6-8)20-13(15-9)16-12(17)10(7-14)18-2;/h4-6,10H,3,7,14H2,1-2H3,(H,15,16,17);1H. The van der Waals surface area contributed by atoms with Gasteiger partial charge >= 0.3 is 0 Å². The van der Waals surface area contributed by atoms with E-state index < -0.39 is 6.10 Å². The number of rotatable bonds is 6. The van der Waals surface area contributed by atoms with Crippen molar-refractivity contribution < 1.29 is 14.3 Å². The zero-order valence-electron chi connectivity index (χ0n) is 11.8. The predicted molar refractivity (Wildman–Crippen MR) is 86.5 cm³/mol. The highest BCUT2D eigenvalue weighted by atomic mass is 35.5. The monoisotopic (exact) mass is 331 g/mol. The molecule has 1 aromatic heterocycles. The lowest BCUT2D eigenvalue weighted by Crippen LogP contribution is -2.35. The van der Waals surface area contributed by atoms with Gasteiger partial charge in [-0.2, -0.15) is 0 Å². The van der Waals surface area contributed by atoms with Gasteiger partial charge in [0.05, 0.1) is 16.8 Å². The van der Waals surface area contributed by atoms with Gasteiger partial charge in [-0.05, 0) is 25.1 Å². The number of nitrogens with two attached hydrogens (primary N) is 1. The molecular formula is C13H18ClN3O3S. The molecule has 2 rings (SSSR count). The van der Waals surface area contributed by atoms with Crippen LogP contribution in [-0.2, 0) is 9.53 Å². The predicted octanol–water partition coefficient (Wildman–Crippen LogP) is 2.03. The van der Waals surface area contributed by atoms with Crippen molar-refractivity contribution in [3.05, 3.63) is 18.2 Å². The first-order chi connectivity index (χ1) is 9.67. The molecule has 0 spiro atoms. The highest BCUT2D eigenvalue weighted by molar-refractivity contribution is 7.22. The lowest BCUT2D eigenvalue weighted by atomic mass is 10.3. The first kappa shape index (κ1) is 17.6. The van der Waals surface area contributed by atoms with E-state index in [0.717, 1.165) is 16.0 Å². The number of anilines is 1. The molecular weight excluding hydrogens is 314 g/mol. The minimum absolute atomic E-state index is 0. The van der Waals surface area contributed by atoms with E-state index in [2.05, 4.69) is 10.3 Å². The van der Waals surface area contributed by atoms with Crippen LogP contribution in [-0.4, -0.2) is 37.3 Å². The summed E-state index contributed by atoms with van der Waals surface area (Å²) in [4.78, 5) is 16.2. The van der Waals surface area contributed by atoms with Crippen LogP contribution in [0, 0.1) is 0 Å². The third-order valence-corrected chi connectivity index (χ3v) is 3.63. The molecule has 2 aromatic rings. The van der Waals surface area contributed by atoms with Crippen molar-refractivity contribution in [3.63, 3.8) is 0 Å². The van der Waals surface area contributed by atoms with Crippen LogP contribution in [0.2, 0.25) is 0 Å². The molecule has 21 heavy (non-hydrogen) atoms. The number of carbonyl (C=O) groups excluding carboxylic acids is 1. The number of amides is 1. The van der Waals surface area contributed by atoms with Gasteiger partial charge in [0, 0.05) is 13.7 Å². The van der Waals surface area contributed by atoms with Gasteiger partial charge in [-0.15, -0.1) is 12.4 Å². The normalized spacial score (nSPS) is 11.8. The summed E-state index contributed by atoms with van der Waals surface area (Å²) >= 11 is 1.38. The summed E-state index contributed by atoms with van der Waals surface area (Å²) in [5.41, 5.74) is 6.26. The zero-order valence-corrected chi connectivity index (χ0v) is 13.4. The molecule has 1 aromatic carbocycles. The van der Waals surface area contributed by atoms with Crippen LogP contribution in [0.1, 0.15) is 6.92 Å². The SMILES string of the molecule is CCOc1ccc2nc(NC(=O)C(CN)OC)sc2c1.Cl. The molecule has 0 aliphatic rings. The average molecular weight is 332 g/mol. The molecule has 1 amide bonds. The maximum absolute atomic E-state index is 11.8. The van der Waals surface area contributed by atoms with Gasteiger partial charge in [0.2, 0.25) is 0 Å². The molecule has 6 nitrogen and oxygen atoms in total. The summed E-state index contributed by atoms with van der Waals surface area (Å²) in [5, 5.41) is 3.23. The van der Waals surface area contributed by atoms with Gasteiger partial charge in [0.15, 0.2) is 5.13 Å². The number of thiazole rings is 1. The second kappa shape index (κ2) is 8.14. The molecule has 1 unspecified atom stereocenters. The Morgan fingerprint density at radius 2 is 2.29 bits per heavy atom. The van der Waals surface area contributed by atoms with Crippen molar-refractivity contribution in [1.82, 2.24) is 4.98 Å². The Balaban J connectivity index is 0.00000220. The Kier molecular flexibility index (Phi) is 6.83. The van der Waals surface area contributed by atoms with Gasteiger partial charge < -0.3 is 15.2 Å². The van der Waals surface area contributed by atoms with Gasteiger partial charge in [-0.1, -0.05) is 11.3 Å². The molecule has 116 valence electrons. The first-order valence-electron chi connectivity index (χ1n) is 6.25. The Labute approximate surface area is 133 Å². The highest BCUT2D eigenvalue weighted by Crippen LogP contribution is 2.29. The average Bonchev–Trinajstić information content (AvgIpc) is 2.82. The van der Waals surface area contributed by atoms with E-state index in [9.17, 15) is 4.79 Å². The van der Waals surface area contributed by atoms with Crippen molar-refractivity contribution in [2.24, 2.45) is 5.73 Å². The van der Waals surface area contributed by atoms with Crippen LogP contribution in [0.4, 0.5) is 5.13 Å². The summed E-state index contributed by atoms with van der Waals surface area (Å²) in [6.45, 7) is 2.67. The van der Waals surface area contributed by atoms with Gasteiger partial charge in [-0.3, -0.25) is 10.1 Å². The number of halogens is 1. The zero-order chi connectivity index (χ0) is 14.5. The van der Waals surface area contributed by atoms with Crippen molar-refractivity contribution in [2.45, 2.75) is 13.0 Å². The summed E-state index contributed by atoms with van der Waals surface area (Å²) in [5.74, 6) is 0.498. The number of methoxy groups -OCH3 is 1. The van der Waals surface area contributed by atoms with E-state index in [4.69, 9.17) is 15.2 Å². The van der Waals surface area contributed by atoms with Gasteiger partial charge in [0.25, 0.3) is 5.91 Å². The van der Waals surface area contributed by atoms with Crippen LogP contribution in [0.25, 0.3) is 10.2 Å². The molecule has 1 heterocycles. The van der Waals surface area contributed by atoms with Crippen LogP contribution in [0.3, 0.4) is 0 Å². The number of carbonyl (C=O) groups is 1. The lowest BCUT2D eigenvalue weighted by molar-refractivity contribution is -0.125. The summed E-state index contributed by atoms with van der Waals surface area (Å²) < 4.78 is 11.4. The molecule has 0 bridgehead atoms. The third kappa shape index (κ3) is 4.28. The number of hydrogen-bond donors (Lipinski definition) is 2. The summed E-state index contributed by atoms with van der Waals surface area (Å²) in [6.07, 6.45) is -0.666. The molecule has 0 aliphatic heterocycles. The Morgan fingerprint density at radius 3 is 2.90 bits per heavy atom. The lowest BCUT2D eigenvalue weighted by Gasteiger charge is -2.10. The van der Waals surface area contributed by atoms with Gasteiger partial charge in [-0.25, -0.2) is 4.98 Å². The van der Waals surface area contributed by atoms with E-state index in [1.807, 2.05) is 25.1 Å². The fourth-order valence-corrected chi connectivity index (χ4v) is 2.61. The summed E-state index contributed by atoms with van der Waals surface area (Å²) in [6, 6.07) is 5.63. The van der Waals surface area contributed by atoms with Crippen molar-refractivity contribution in [3.8, 4) is 5.75 Å². The first-order valence-corrected chi connectivity index (χ1v) is 7.06. The second-order valence-corrected chi connectivity index (χ2v) is 5.06. The smallest absolute Gasteiger partial charge is 0.256 e.